The van der Waals surface area contributed by atoms with Crippen molar-refractivity contribution in [3.8, 4) is 0 Å². The minimum absolute atomic E-state index is 0.0273. The lowest BCUT2D eigenvalue weighted by Gasteiger charge is -2.10. The van der Waals surface area contributed by atoms with Crippen LogP contribution in [-0.4, -0.2) is 45.6 Å². The summed E-state index contributed by atoms with van der Waals surface area (Å²) < 4.78 is 6.92. The van der Waals surface area contributed by atoms with Crippen molar-refractivity contribution in [1.82, 2.24) is 19.6 Å². The molecule has 0 spiro atoms. The fourth-order valence-electron chi connectivity index (χ4n) is 2.99. The molecule has 0 unspecified atom stereocenters. The molecule has 4 rings (SSSR count). The Morgan fingerprint density at radius 1 is 1.15 bits per heavy atom. The van der Waals surface area contributed by atoms with Crippen molar-refractivity contribution in [1.29, 1.82) is 0 Å². The summed E-state index contributed by atoms with van der Waals surface area (Å²) in [6, 6.07) is 14.7. The molecule has 0 fully saturated rings. The molecule has 0 atom stereocenters. The first-order valence-electron chi connectivity index (χ1n) is 8.74. The number of methoxy groups -OCH3 is 1. The minimum Gasteiger partial charge on any atom is -0.385 e. The number of anilines is 1. The molecule has 2 heterocycles. The van der Waals surface area contributed by atoms with Crippen molar-refractivity contribution in [3.63, 3.8) is 0 Å². The number of ether oxygens (including phenoxy) is 1. The van der Waals surface area contributed by atoms with Crippen LogP contribution >= 0.6 is 0 Å². The zero-order valence-electron chi connectivity index (χ0n) is 14.9. The number of carbonyl (C=O) groups is 1. The van der Waals surface area contributed by atoms with Crippen molar-refractivity contribution in [2.45, 2.75) is 6.42 Å². The molecule has 1 N–H and O–H groups in total. The number of rotatable bonds is 7. The van der Waals surface area contributed by atoms with Gasteiger partial charge in [-0.2, -0.15) is 0 Å². The Morgan fingerprint density at radius 3 is 2.81 bits per heavy atom. The summed E-state index contributed by atoms with van der Waals surface area (Å²) in [5, 5.41) is 11.5. The van der Waals surface area contributed by atoms with Crippen LogP contribution in [0.5, 0.6) is 0 Å². The molecular formula is C20H19N5O2. The van der Waals surface area contributed by atoms with E-state index in [2.05, 4.69) is 20.5 Å². The molecule has 136 valence electrons. The number of ketones is 1. The fourth-order valence-corrected chi connectivity index (χ4v) is 2.99. The molecule has 0 aliphatic carbocycles. The zero-order chi connectivity index (χ0) is 18.6. The van der Waals surface area contributed by atoms with E-state index in [1.807, 2.05) is 46.9 Å². The quantitative estimate of drug-likeness (QED) is 0.403. The summed E-state index contributed by atoms with van der Waals surface area (Å²) in [5.74, 6) is 0.638. The largest absolute Gasteiger partial charge is 0.385 e. The second-order valence-corrected chi connectivity index (χ2v) is 6.16. The van der Waals surface area contributed by atoms with Gasteiger partial charge in [0.2, 0.25) is 5.65 Å². The lowest BCUT2D eigenvalue weighted by atomic mass is 10.0. The molecule has 2 aromatic heterocycles. The van der Waals surface area contributed by atoms with Gasteiger partial charge in [0, 0.05) is 31.4 Å². The van der Waals surface area contributed by atoms with Crippen LogP contribution in [0, 0.1) is 0 Å². The molecule has 4 aromatic rings. The molecule has 2 aromatic carbocycles. The van der Waals surface area contributed by atoms with Crippen LogP contribution in [0.15, 0.2) is 54.9 Å². The Morgan fingerprint density at radius 2 is 2.00 bits per heavy atom. The van der Waals surface area contributed by atoms with Gasteiger partial charge in [-0.15, -0.1) is 10.2 Å². The predicted molar refractivity (Wildman–Crippen MR) is 103 cm³/mol. The van der Waals surface area contributed by atoms with Crippen LogP contribution in [0.25, 0.3) is 16.7 Å². The van der Waals surface area contributed by atoms with Gasteiger partial charge < -0.3 is 10.1 Å². The summed E-state index contributed by atoms with van der Waals surface area (Å²) in [7, 11) is 1.68. The van der Waals surface area contributed by atoms with E-state index in [0.717, 1.165) is 24.0 Å². The minimum atomic E-state index is -0.0273. The van der Waals surface area contributed by atoms with E-state index in [4.69, 9.17) is 4.74 Å². The average molecular weight is 361 g/mol. The van der Waals surface area contributed by atoms with Crippen LogP contribution < -0.4 is 5.32 Å². The monoisotopic (exact) mass is 361 g/mol. The number of benzene rings is 2. The van der Waals surface area contributed by atoms with E-state index < -0.39 is 0 Å². The molecule has 27 heavy (non-hydrogen) atoms. The standard InChI is InChI=1S/C20H19N5O2/c1-27-11-5-10-21-19-20-24-22-13-25(20)17-12-15(8-9-16(17)23-19)18(26)14-6-3-2-4-7-14/h2-4,6-9,12-13H,5,10-11H2,1H3,(H,21,23). The number of hydrogen-bond donors (Lipinski definition) is 1. The Bertz CT molecular complexity index is 1090. The van der Waals surface area contributed by atoms with Gasteiger partial charge in [0.25, 0.3) is 0 Å². The smallest absolute Gasteiger partial charge is 0.203 e. The van der Waals surface area contributed by atoms with E-state index in [1.54, 1.807) is 19.5 Å². The first-order valence-corrected chi connectivity index (χ1v) is 8.74. The van der Waals surface area contributed by atoms with E-state index in [9.17, 15) is 4.79 Å². The maximum atomic E-state index is 12.7. The number of aromatic nitrogens is 4. The third kappa shape index (κ3) is 3.37. The van der Waals surface area contributed by atoms with Gasteiger partial charge in [-0.05, 0) is 24.6 Å². The Balaban J connectivity index is 1.73. The van der Waals surface area contributed by atoms with Crippen LogP contribution in [0.3, 0.4) is 0 Å². The van der Waals surface area contributed by atoms with Crippen molar-refractivity contribution in [3.05, 3.63) is 66.0 Å². The molecular weight excluding hydrogens is 342 g/mol. The average Bonchev–Trinajstić information content (AvgIpc) is 3.21. The zero-order valence-corrected chi connectivity index (χ0v) is 14.9. The highest BCUT2D eigenvalue weighted by atomic mass is 16.5. The van der Waals surface area contributed by atoms with Gasteiger partial charge >= 0.3 is 0 Å². The van der Waals surface area contributed by atoms with Crippen LogP contribution in [0.1, 0.15) is 22.3 Å². The molecule has 0 saturated carbocycles. The van der Waals surface area contributed by atoms with Crippen LogP contribution in [0.4, 0.5) is 5.82 Å². The van der Waals surface area contributed by atoms with Crippen molar-refractivity contribution in [2.24, 2.45) is 0 Å². The van der Waals surface area contributed by atoms with Crippen LogP contribution in [0.2, 0.25) is 0 Å². The molecule has 0 saturated heterocycles. The van der Waals surface area contributed by atoms with E-state index in [-0.39, 0.29) is 5.78 Å². The maximum absolute atomic E-state index is 12.7. The summed E-state index contributed by atoms with van der Waals surface area (Å²) >= 11 is 0. The highest BCUT2D eigenvalue weighted by Crippen LogP contribution is 2.22. The van der Waals surface area contributed by atoms with Gasteiger partial charge in [0.15, 0.2) is 11.6 Å². The predicted octanol–water partition coefficient (Wildman–Crippen LogP) is 2.96. The Kier molecular flexibility index (Phi) is 4.76. The summed E-state index contributed by atoms with van der Waals surface area (Å²) in [6.07, 6.45) is 2.50. The maximum Gasteiger partial charge on any atom is 0.203 e. The second kappa shape index (κ2) is 7.51. The number of hydrogen-bond acceptors (Lipinski definition) is 6. The number of nitrogens with zero attached hydrogens (tertiary/aromatic N) is 4. The van der Waals surface area contributed by atoms with Gasteiger partial charge in [-0.3, -0.25) is 9.20 Å². The SMILES string of the molecule is COCCCNc1nc2ccc(C(=O)c3ccccc3)cc2n2cnnc12. The molecule has 0 amide bonds. The Hall–Kier alpha value is -3.32. The van der Waals surface area contributed by atoms with Gasteiger partial charge in [0.05, 0.1) is 11.0 Å². The van der Waals surface area contributed by atoms with Crippen molar-refractivity contribution < 1.29 is 9.53 Å². The van der Waals surface area contributed by atoms with E-state index in [0.29, 0.717) is 29.2 Å². The summed E-state index contributed by atoms with van der Waals surface area (Å²) in [4.78, 5) is 17.4. The highest BCUT2D eigenvalue weighted by Gasteiger charge is 2.14. The number of fused-ring (bicyclic) bond motifs is 3. The van der Waals surface area contributed by atoms with Gasteiger partial charge in [0.1, 0.15) is 6.33 Å². The van der Waals surface area contributed by atoms with E-state index in [1.165, 1.54) is 0 Å². The Labute approximate surface area is 156 Å². The topological polar surface area (TPSA) is 81.4 Å². The highest BCUT2D eigenvalue weighted by molar-refractivity contribution is 6.10. The van der Waals surface area contributed by atoms with Gasteiger partial charge in [-0.1, -0.05) is 30.3 Å². The first-order chi connectivity index (χ1) is 13.3. The molecule has 0 aliphatic rings. The first kappa shape index (κ1) is 17.1. The normalized spacial score (nSPS) is 11.1. The number of carbonyl (C=O) groups excluding carboxylic acids is 1. The third-order valence-electron chi connectivity index (χ3n) is 4.34. The van der Waals surface area contributed by atoms with Gasteiger partial charge in [-0.25, -0.2) is 4.98 Å². The summed E-state index contributed by atoms with van der Waals surface area (Å²) in [5.41, 5.74) is 3.44. The van der Waals surface area contributed by atoms with E-state index >= 15 is 0 Å². The van der Waals surface area contributed by atoms with Crippen molar-refractivity contribution in [2.75, 3.05) is 25.6 Å². The summed E-state index contributed by atoms with van der Waals surface area (Å²) in [6.45, 7) is 1.40. The second-order valence-electron chi connectivity index (χ2n) is 6.16. The lowest BCUT2D eigenvalue weighted by Crippen LogP contribution is -2.08. The number of nitrogens with one attached hydrogen (secondary N) is 1. The van der Waals surface area contributed by atoms with Crippen molar-refractivity contribution >= 4 is 28.3 Å². The van der Waals surface area contributed by atoms with Crippen LogP contribution in [-0.2, 0) is 4.74 Å². The molecule has 7 heteroatoms. The molecule has 0 aliphatic heterocycles. The third-order valence-corrected chi connectivity index (χ3v) is 4.34. The molecule has 0 bridgehead atoms. The molecule has 7 nitrogen and oxygen atoms in total. The lowest BCUT2D eigenvalue weighted by molar-refractivity contribution is 0.103. The molecule has 0 radical (unpaired) electrons. The fraction of sp³-hybridized carbons (Fsp3) is 0.200.